The first-order chi connectivity index (χ1) is 14.0. The zero-order valence-electron chi connectivity index (χ0n) is 15.4. The second-order valence-electron chi connectivity index (χ2n) is 6.06. The highest BCUT2D eigenvalue weighted by Crippen LogP contribution is 2.26. The predicted molar refractivity (Wildman–Crippen MR) is 114 cm³/mol. The molecule has 0 bridgehead atoms. The number of anilines is 1. The predicted octanol–water partition coefficient (Wildman–Crippen LogP) is 5.39. The molecule has 0 aliphatic rings. The van der Waals surface area contributed by atoms with Crippen molar-refractivity contribution in [2.45, 2.75) is 18.6 Å². The molecular weight excluding hydrogens is 431 g/mol. The van der Waals surface area contributed by atoms with Gasteiger partial charge in [0.2, 0.25) is 11.8 Å². The molecule has 0 atom stereocenters. The summed E-state index contributed by atoms with van der Waals surface area (Å²) in [7, 11) is 0. The van der Waals surface area contributed by atoms with E-state index < -0.39 is 0 Å². The molecule has 1 heterocycles. The van der Waals surface area contributed by atoms with Crippen molar-refractivity contribution in [3.8, 4) is 17.5 Å². The van der Waals surface area contributed by atoms with Crippen molar-refractivity contribution in [3.05, 3.63) is 58.1 Å². The number of aromatic nitrogens is 2. The summed E-state index contributed by atoms with van der Waals surface area (Å²) < 4.78 is 5.62. The first kappa shape index (κ1) is 21.2. The van der Waals surface area contributed by atoms with E-state index in [4.69, 9.17) is 32.9 Å². The Balaban J connectivity index is 1.69. The van der Waals surface area contributed by atoms with Gasteiger partial charge < -0.3 is 9.32 Å². The fraction of sp³-hybridized carbons (Fsp3) is 0.200. The monoisotopic (exact) mass is 446 g/mol. The molecule has 3 aromatic rings. The van der Waals surface area contributed by atoms with Gasteiger partial charge in [0.05, 0.1) is 18.2 Å². The topological polar surface area (TPSA) is 83.0 Å². The van der Waals surface area contributed by atoms with Crippen LogP contribution in [0.15, 0.2) is 52.1 Å². The number of amides is 1. The van der Waals surface area contributed by atoms with Crippen LogP contribution in [0.3, 0.4) is 0 Å². The van der Waals surface area contributed by atoms with Crippen molar-refractivity contribution >= 4 is 46.6 Å². The first-order valence-corrected chi connectivity index (χ1v) is 10.4. The number of rotatable bonds is 7. The van der Waals surface area contributed by atoms with Crippen LogP contribution in [-0.4, -0.2) is 28.4 Å². The van der Waals surface area contributed by atoms with Crippen LogP contribution in [0.1, 0.15) is 12.0 Å². The highest BCUT2D eigenvalue weighted by atomic mass is 35.5. The summed E-state index contributed by atoms with van der Waals surface area (Å²) in [4.78, 5) is 14.4. The van der Waals surface area contributed by atoms with Gasteiger partial charge in [-0.3, -0.25) is 4.79 Å². The van der Waals surface area contributed by atoms with Crippen molar-refractivity contribution in [3.63, 3.8) is 0 Å². The third-order valence-corrected chi connectivity index (χ3v) is 5.50. The van der Waals surface area contributed by atoms with Crippen LogP contribution in [0.4, 0.5) is 5.69 Å². The zero-order valence-corrected chi connectivity index (χ0v) is 17.8. The second kappa shape index (κ2) is 9.79. The first-order valence-electron chi connectivity index (χ1n) is 8.63. The Hall–Kier alpha value is -2.53. The normalized spacial score (nSPS) is 10.6. The molecule has 0 saturated heterocycles. The number of carbonyl (C=O) groups is 1. The lowest BCUT2D eigenvalue weighted by Crippen LogP contribution is -2.33. The number of hydrogen-bond donors (Lipinski definition) is 0. The van der Waals surface area contributed by atoms with Gasteiger partial charge in [-0.1, -0.05) is 35.0 Å². The number of hydrogen-bond acceptors (Lipinski definition) is 6. The summed E-state index contributed by atoms with van der Waals surface area (Å²) in [6, 6.07) is 14.4. The molecule has 148 valence electrons. The number of thioether (sulfide) groups is 1. The van der Waals surface area contributed by atoms with Crippen LogP contribution in [0, 0.1) is 18.3 Å². The number of nitriles is 1. The highest BCUT2D eigenvalue weighted by Gasteiger charge is 2.18. The number of halogens is 2. The van der Waals surface area contributed by atoms with Gasteiger partial charge in [-0.15, -0.1) is 10.2 Å². The van der Waals surface area contributed by atoms with Crippen LogP contribution in [0.5, 0.6) is 0 Å². The number of nitrogens with zero attached hydrogens (tertiary/aromatic N) is 4. The molecule has 0 aliphatic carbocycles. The summed E-state index contributed by atoms with van der Waals surface area (Å²) in [5.74, 6) is 0.277. The van der Waals surface area contributed by atoms with E-state index in [0.29, 0.717) is 21.6 Å². The molecule has 2 aromatic carbocycles. The van der Waals surface area contributed by atoms with Crippen LogP contribution in [0.25, 0.3) is 11.5 Å². The van der Waals surface area contributed by atoms with Crippen LogP contribution in [-0.2, 0) is 4.79 Å². The fourth-order valence-corrected chi connectivity index (χ4v) is 3.42. The molecule has 0 N–H and O–H groups in total. The van der Waals surface area contributed by atoms with Crippen molar-refractivity contribution < 1.29 is 9.21 Å². The van der Waals surface area contributed by atoms with E-state index in [1.54, 1.807) is 41.3 Å². The lowest BCUT2D eigenvalue weighted by molar-refractivity contribution is -0.116. The lowest BCUT2D eigenvalue weighted by atomic mass is 10.2. The van der Waals surface area contributed by atoms with Gasteiger partial charge in [0.1, 0.15) is 0 Å². The molecule has 3 rings (SSSR count). The Morgan fingerprint density at radius 1 is 1.21 bits per heavy atom. The Labute approximate surface area is 182 Å². The summed E-state index contributed by atoms with van der Waals surface area (Å²) in [5.41, 5.74) is 2.29. The lowest BCUT2D eigenvalue weighted by Gasteiger charge is -2.22. The zero-order chi connectivity index (χ0) is 20.8. The molecule has 6 nitrogen and oxygen atoms in total. The third-order valence-electron chi connectivity index (χ3n) is 4.02. The van der Waals surface area contributed by atoms with Gasteiger partial charge in [0, 0.05) is 27.8 Å². The van der Waals surface area contributed by atoms with Crippen LogP contribution < -0.4 is 4.90 Å². The van der Waals surface area contributed by atoms with Crippen LogP contribution >= 0.6 is 35.0 Å². The Morgan fingerprint density at radius 3 is 2.66 bits per heavy atom. The van der Waals surface area contributed by atoms with Crippen LogP contribution in [0.2, 0.25) is 10.0 Å². The molecule has 0 aliphatic heterocycles. The molecule has 0 spiro atoms. The van der Waals surface area contributed by atoms with E-state index >= 15 is 0 Å². The molecule has 29 heavy (non-hydrogen) atoms. The summed E-state index contributed by atoms with van der Waals surface area (Å²) in [6.45, 7) is 2.15. The molecule has 0 fully saturated rings. The minimum absolute atomic E-state index is 0.0926. The van der Waals surface area contributed by atoms with E-state index in [9.17, 15) is 4.79 Å². The Kier molecular flexibility index (Phi) is 7.15. The molecular formula is C20H16Cl2N4O2S. The minimum atomic E-state index is -0.168. The molecule has 0 unspecified atom stereocenters. The molecule has 0 saturated carbocycles. The van der Waals surface area contributed by atoms with E-state index in [-0.39, 0.29) is 29.8 Å². The third kappa shape index (κ3) is 5.51. The van der Waals surface area contributed by atoms with Gasteiger partial charge in [-0.25, -0.2) is 0 Å². The standard InChI is InChI=1S/C20H16Cl2N4O2S/c1-13-11-16(7-8-17(13)22)26(10-2-9-23)18(27)12-29-20-25-24-19(28-20)14-3-5-15(21)6-4-14/h3-8,11H,2,10,12H2,1H3. The van der Waals surface area contributed by atoms with E-state index in [2.05, 4.69) is 16.3 Å². The maximum atomic E-state index is 12.8. The van der Waals surface area contributed by atoms with E-state index in [1.165, 1.54) is 0 Å². The molecule has 9 heteroatoms. The quantitative estimate of drug-likeness (QED) is 0.452. The summed E-state index contributed by atoms with van der Waals surface area (Å²) in [5, 5.41) is 18.4. The maximum absolute atomic E-state index is 12.8. The minimum Gasteiger partial charge on any atom is -0.411 e. The fourth-order valence-electron chi connectivity index (χ4n) is 2.53. The summed E-state index contributed by atoms with van der Waals surface area (Å²) in [6.07, 6.45) is 0.222. The molecule has 0 radical (unpaired) electrons. The Morgan fingerprint density at radius 2 is 1.97 bits per heavy atom. The van der Waals surface area contributed by atoms with Crippen molar-refractivity contribution in [2.24, 2.45) is 0 Å². The van der Waals surface area contributed by atoms with Gasteiger partial charge in [0.25, 0.3) is 5.22 Å². The smallest absolute Gasteiger partial charge is 0.277 e. The van der Waals surface area contributed by atoms with Crippen molar-refractivity contribution in [2.75, 3.05) is 17.2 Å². The Bertz CT molecular complexity index is 1050. The SMILES string of the molecule is Cc1cc(N(CCC#N)C(=O)CSc2nnc(-c3ccc(Cl)cc3)o2)ccc1Cl. The molecule has 1 amide bonds. The highest BCUT2D eigenvalue weighted by molar-refractivity contribution is 7.99. The number of aryl methyl sites for hydroxylation is 1. The summed E-state index contributed by atoms with van der Waals surface area (Å²) >= 11 is 13.1. The second-order valence-corrected chi connectivity index (χ2v) is 7.83. The average Bonchev–Trinajstić information content (AvgIpc) is 3.19. The number of benzene rings is 2. The van der Waals surface area contributed by atoms with Gasteiger partial charge in [-0.05, 0) is 55.0 Å². The van der Waals surface area contributed by atoms with Crippen molar-refractivity contribution in [1.29, 1.82) is 5.26 Å². The van der Waals surface area contributed by atoms with Gasteiger partial charge in [-0.2, -0.15) is 5.26 Å². The largest absolute Gasteiger partial charge is 0.411 e. The average molecular weight is 447 g/mol. The molecule has 1 aromatic heterocycles. The number of carbonyl (C=O) groups excluding carboxylic acids is 1. The van der Waals surface area contributed by atoms with E-state index in [0.717, 1.165) is 22.9 Å². The van der Waals surface area contributed by atoms with Gasteiger partial charge in [0.15, 0.2) is 0 Å². The van der Waals surface area contributed by atoms with Gasteiger partial charge >= 0.3 is 0 Å². The maximum Gasteiger partial charge on any atom is 0.277 e. The van der Waals surface area contributed by atoms with E-state index in [1.807, 2.05) is 13.0 Å². The van der Waals surface area contributed by atoms with Crippen molar-refractivity contribution in [1.82, 2.24) is 10.2 Å².